The predicted molar refractivity (Wildman–Crippen MR) is 97.4 cm³/mol. The van der Waals surface area contributed by atoms with Crippen molar-refractivity contribution in [2.45, 2.75) is 11.8 Å². The third-order valence-corrected chi connectivity index (χ3v) is 3.87. The summed E-state index contributed by atoms with van der Waals surface area (Å²) in [5.74, 6) is -1.21. The Hall–Kier alpha value is -3.42. The number of rotatable bonds is 4. The maximum Gasteiger partial charge on any atom is 0.294 e. The second kappa shape index (κ2) is 10.1. The lowest BCUT2D eigenvalue weighted by Gasteiger charge is -1.99. The maximum absolute atomic E-state index is 13.2. The first-order valence-corrected chi connectivity index (χ1v) is 8.74. The highest BCUT2D eigenvalue weighted by Gasteiger charge is 2.09. The van der Waals surface area contributed by atoms with E-state index in [-0.39, 0.29) is 16.1 Å². The van der Waals surface area contributed by atoms with Crippen molar-refractivity contribution in [2.75, 3.05) is 0 Å². The molecule has 0 aliphatic heterocycles. The first kappa shape index (κ1) is 22.6. The first-order valence-electron chi connectivity index (χ1n) is 7.30. The molecule has 28 heavy (non-hydrogen) atoms. The van der Waals surface area contributed by atoms with Gasteiger partial charge in [0.15, 0.2) is 0 Å². The van der Waals surface area contributed by atoms with Gasteiger partial charge in [-0.1, -0.05) is 17.7 Å². The van der Waals surface area contributed by atoms with E-state index in [0.717, 1.165) is 30.0 Å². The molecule has 0 unspecified atom stereocenters. The van der Waals surface area contributed by atoms with Crippen molar-refractivity contribution in [3.63, 3.8) is 0 Å². The Bertz CT molecular complexity index is 979. The highest BCUT2D eigenvalue weighted by Crippen LogP contribution is 2.15. The number of hydrazone groups is 1. The van der Waals surface area contributed by atoms with Crippen LogP contribution in [0.25, 0.3) is 0 Å². The number of non-ortho nitro benzene ring substituents is 1. The molecular weight excluding hydrogens is 397 g/mol. The molecule has 5 N–H and O–H groups in total. The molecule has 13 heteroatoms. The quantitative estimate of drug-likeness (QED) is 0.165. The van der Waals surface area contributed by atoms with Crippen LogP contribution in [0.5, 0.6) is 0 Å². The molecule has 2 aromatic rings. The van der Waals surface area contributed by atoms with E-state index in [1.165, 1.54) is 17.6 Å². The van der Waals surface area contributed by atoms with Crippen molar-refractivity contribution >= 4 is 28.0 Å². The van der Waals surface area contributed by atoms with Crippen LogP contribution in [0.3, 0.4) is 0 Å². The summed E-state index contributed by atoms with van der Waals surface area (Å²) >= 11 is 0. The van der Waals surface area contributed by atoms with Gasteiger partial charge in [-0.25, -0.2) is 15.3 Å². The molecule has 0 aliphatic carbocycles. The number of halogens is 1. The highest BCUT2D eigenvalue weighted by atomic mass is 32.2. The summed E-state index contributed by atoms with van der Waals surface area (Å²) < 4.78 is 42.7. The normalized spacial score (nSPS) is 10.7. The number of benzene rings is 2. The lowest BCUT2D eigenvalue weighted by atomic mass is 10.2. The fourth-order valence-corrected chi connectivity index (χ4v) is 2.13. The monoisotopic (exact) mass is 413 g/mol. The fraction of sp³-hybridized carbons (Fsp3) is 0.0667. The number of hydrogen-bond donors (Lipinski definition) is 5. The van der Waals surface area contributed by atoms with E-state index in [1.54, 1.807) is 12.1 Å². The van der Waals surface area contributed by atoms with E-state index in [1.807, 2.05) is 12.3 Å². The van der Waals surface area contributed by atoms with Crippen LogP contribution in [0.15, 0.2) is 52.5 Å². The van der Waals surface area contributed by atoms with Crippen LogP contribution >= 0.6 is 0 Å². The van der Waals surface area contributed by atoms with Crippen LogP contribution in [-0.2, 0) is 10.1 Å². The second-order valence-electron chi connectivity index (χ2n) is 5.11. The van der Waals surface area contributed by atoms with E-state index >= 15 is 0 Å². The van der Waals surface area contributed by atoms with Crippen LogP contribution in [-0.4, -0.2) is 35.3 Å². The molecule has 0 fully saturated rings. The van der Waals surface area contributed by atoms with Crippen LogP contribution < -0.4 is 10.9 Å². The number of nitrogens with one attached hydrogen (secondary N) is 3. The zero-order chi connectivity index (χ0) is 21.3. The molecular formula is C15H16FN5O6S. The number of nitrogens with zero attached hydrogens (tertiary/aromatic N) is 2. The van der Waals surface area contributed by atoms with Crippen molar-refractivity contribution in [1.82, 2.24) is 10.9 Å². The van der Waals surface area contributed by atoms with Crippen LogP contribution in [0.2, 0.25) is 0 Å². The van der Waals surface area contributed by atoms with Crippen molar-refractivity contribution in [1.29, 1.82) is 5.41 Å². The van der Waals surface area contributed by atoms with Gasteiger partial charge in [0, 0.05) is 17.7 Å². The molecule has 0 saturated heterocycles. The van der Waals surface area contributed by atoms with Gasteiger partial charge >= 0.3 is 0 Å². The largest absolute Gasteiger partial charge is 0.294 e. The van der Waals surface area contributed by atoms with Gasteiger partial charge < -0.3 is 0 Å². The molecule has 2 aromatic carbocycles. The molecule has 11 nitrogen and oxygen atoms in total. The molecule has 2 rings (SSSR count). The van der Waals surface area contributed by atoms with Gasteiger partial charge in [0.25, 0.3) is 15.8 Å². The number of hydroxylamine groups is 1. The van der Waals surface area contributed by atoms with Gasteiger partial charge in [0.2, 0.25) is 5.96 Å². The Morgan fingerprint density at radius 3 is 2.39 bits per heavy atom. The molecule has 0 aliphatic rings. The van der Waals surface area contributed by atoms with E-state index in [0.29, 0.717) is 0 Å². The number of guanidine groups is 1. The summed E-state index contributed by atoms with van der Waals surface area (Å²) in [5.41, 5.74) is 4.03. The van der Waals surface area contributed by atoms with E-state index in [9.17, 15) is 22.9 Å². The van der Waals surface area contributed by atoms with Crippen LogP contribution in [0.1, 0.15) is 11.1 Å². The molecule has 0 bridgehead atoms. The van der Waals surface area contributed by atoms with Crippen molar-refractivity contribution < 1.29 is 27.5 Å². The smallest absolute Gasteiger partial charge is 0.288 e. The zero-order valence-electron chi connectivity index (χ0n) is 14.3. The Kier molecular flexibility index (Phi) is 8.12. The summed E-state index contributed by atoms with van der Waals surface area (Å²) in [6.45, 7) is 1.84. The van der Waals surface area contributed by atoms with Crippen molar-refractivity contribution in [2.24, 2.45) is 5.10 Å². The van der Waals surface area contributed by atoms with E-state index in [4.69, 9.17) is 15.2 Å². The zero-order valence-corrected chi connectivity index (χ0v) is 15.1. The van der Waals surface area contributed by atoms with Crippen LogP contribution in [0.4, 0.5) is 10.1 Å². The van der Waals surface area contributed by atoms with Gasteiger partial charge in [-0.05, 0) is 25.1 Å². The van der Waals surface area contributed by atoms with Gasteiger partial charge in [-0.2, -0.15) is 13.5 Å². The highest BCUT2D eigenvalue weighted by molar-refractivity contribution is 7.85. The lowest BCUT2D eigenvalue weighted by Crippen LogP contribution is -2.30. The molecule has 0 aromatic heterocycles. The Labute approximate surface area is 158 Å². The summed E-state index contributed by atoms with van der Waals surface area (Å²) in [6, 6.07) is 8.95. The minimum atomic E-state index is -4.02. The Morgan fingerprint density at radius 1 is 1.29 bits per heavy atom. The van der Waals surface area contributed by atoms with Crippen molar-refractivity contribution in [3.8, 4) is 0 Å². The summed E-state index contributed by atoms with van der Waals surface area (Å²) in [5, 5.41) is 28.9. The Balaban J connectivity index is 0.000000307. The molecule has 0 amide bonds. The van der Waals surface area contributed by atoms with Gasteiger partial charge in [-0.3, -0.25) is 25.3 Å². The molecule has 0 radical (unpaired) electrons. The standard InChI is InChI=1S/C8H8FN5O3.C7H8O3S/c9-7-2-1-6(14(16)17)3-5(7)4-11-12-8(10)13-15;1-6-2-4-7(5-3-6)11(8,9)10/h1-4,15H,(H3,10,12,13);2-5H,1H3,(H,8,9,10). The van der Waals surface area contributed by atoms with Gasteiger partial charge in [0.05, 0.1) is 16.0 Å². The molecule has 0 saturated carbocycles. The molecule has 150 valence electrons. The summed E-state index contributed by atoms with van der Waals surface area (Å²) in [7, 11) is -4.02. The number of nitro groups is 1. The molecule has 0 atom stereocenters. The van der Waals surface area contributed by atoms with Crippen molar-refractivity contribution in [3.05, 3.63) is 69.5 Å². The number of nitro benzene ring substituents is 1. The predicted octanol–water partition coefficient (Wildman–Crippen LogP) is 1.81. The SMILES string of the molecule is Cc1ccc(S(=O)(=O)O)cc1.N=C(NO)NN=Cc1cc([N+](=O)[O-])ccc1F. The third-order valence-electron chi connectivity index (χ3n) is 3.00. The maximum atomic E-state index is 13.2. The van der Waals surface area contributed by atoms with E-state index in [2.05, 4.69) is 5.10 Å². The Morgan fingerprint density at radius 2 is 1.89 bits per heavy atom. The van der Waals surface area contributed by atoms with E-state index < -0.39 is 26.8 Å². The average Bonchev–Trinajstić information content (AvgIpc) is 2.63. The number of aryl methyl sites for hydroxylation is 1. The first-order chi connectivity index (χ1) is 13.0. The summed E-state index contributed by atoms with van der Waals surface area (Å²) in [6.07, 6.45) is 0.953. The minimum absolute atomic E-state index is 0.0666. The third kappa shape index (κ3) is 7.45. The minimum Gasteiger partial charge on any atom is -0.288 e. The lowest BCUT2D eigenvalue weighted by molar-refractivity contribution is -0.384. The number of hydrogen-bond acceptors (Lipinski definition) is 7. The van der Waals surface area contributed by atoms with Gasteiger partial charge in [-0.15, -0.1) is 0 Å². The summed E-state index contributed by atoms with van der Waals surface area (Å²) in [4.78, 5) is 9.71. The van der Waals surface area contributed by atoms with Crippen LogP contribution in [0, 0.1) is 28.3 Å². The average molecular weight is 413 g/mol. The second-order valence-corrected chi connectivity index (χ2v) is 6.53. The fourth-order valence-electron chi connectivity index (χ4n) is 1.65. The molecule has 0 spiro atoms. The molecule has 0 heterocycles. The topological polar surface area (TPSA) is 178 Å². The van der Waals surface area contributed by atoms with Gasteiger partial charge in [0.1, 0.15) is 5.82 Å².